The first kappa shape index (κ1) is 20.5. The second-order valence-electron chi connectivity index (χ2n) is 7.44. The molecule has 0 aliphatic carbocycles. The minimum atomic E-state index is -4.21. The van der Waals surface area contributed by atoms with Gasteiger partial charge in [-0.05, 0) is 32.4 Å². The summed E-state index contributed by atoms with van der Waals surface area (Å²) in [5, 5.41) is 7.65. The van der Waals surface area contributed by atoms with Crippen LogP contribution in [0.4, 0.5) is 23.5 Å². The zero-order valence-electron chi connectivity index (χ0n) is 15.5. The topological polar surface area (TPSA) is 67.6 Å². The highest BCUT2D eigenvalue weighted by atomic mass is 35.5. The van der Waals surface area contributed by atoms with E-state index in [1.54, 1.807) is 4.52 Å². The number of hydrogen-bond acceptors (Lipinski definition) is 6. The van der Waals surface area contributed by atoms with Crippen LogP contribution in [0.3, 0.4) is 0 Å². The summed E-state index contributed by atoms with van der Waals surface area (Å²) in [4.78, 5) is 9.97. The number of halogens is 5. The molecule has 0 unspecified atom stereocenters. The molecule has 4 heterocycles. The van der Waals surface area contributed by atoms with Crippen molar-refractivity contribution >= 4 is 23.1 Å². The fourth-order valence-electron chi connectivity index (χ4n) is 3.84. The molecule has 1 N–H and O–H groups in total. The highest BCUT2D eigenvalue weighted by Gasteiger charge is 2.34. The summed E-state index contributed by atoms with van der Waals surface area (Å²) < 4.78 is 58.5. The van der Waals surface area contributed by atoms with Gasteiger partial charge in [0, 0.05) is 12.5 Å². The predicted octanol–water partition coefficient (Wildman–Crippen LogP) is 3.06. The lowest BCUT2D eigenvalue weighted by molar-refractivity contribution is -0.148. The molecule has 0 saturated carbocycles. The van der Waals surface area contributed by atoms with E-state index in [0.717, 1.165) is 0 Å². The molecule has 0 radical (unpaired) electrons. The predicted molar refractivity (Wildman–Crippen MR) is 98.0 cm³/mol. The maximum Gasteiger partial charge on any atom is 0.401 e. The number of aromatic nitrogens is 4. The summed E-state index contributed by atoms with van der Waals surface area (Å²) in [5.74, 6) is 0.766. The normalized spacial score (nSPS) is 24.9. The van der Waals surface area contributed by atoms with Gasteiger partial charge in [0.15, 0.2) is 5.15 Å². The maximum atomic E-state index is 14.0. The minimum absolute atomic E-state index is 0.0264. The van der Waals surface area contributed by atoms with Crippen molar-refractivity contribution in [2.24, 2.45) is 0 Å². The summed E-state index contributed by atoms with van der Waals surface area (Å²) in [6.07, 6.45) is -2.32. The van der Waals surface area contributed by atoms with E-state index in [9.17, 15) is 17.6 Å². The van der Waals surface area contributed by atoms with E-state index in [2.05, 4.69) is 20.4 Å². The van der Waals surface area contributed by atoms with E-state index in [4.69, 9.17) is 16.3 Å². The second kappa shape index (κ2) is 8.19. The van der Waals surface area contributed by atoms with E-state index in [1.165, 1.54) is 11.1 Å². The first-order valence-electron chi connectivity index (χ1n) is 9.49. The minimum Gasteiger partial charge on any atom is -0.378 e. The molecule has 0 spiro atoms. The third-order valence-corrected chi connectivity index (χ3v) is 5.61. The number of hydrogen-bond donors (Lipinski definition) is 1. The van der Waals surface area contributed by atoms with Gasteiger partial charge in [0.2, 0.25) is 5.95 Å². The molecular formula is C17H21ClF4N6O. The third-order valence-electron chi connectivity index (χ3n) is 5.33. The molecule has 0 bridgehead atoms. The van der Waals surface area contributed by atoms with Gasteiger partial charge in [-0.25, -0.2) is 18.9 Å². The number of ether oxygens (including phenoxy) is 1. The molecule has 2 aliphatic rings. The number of nitrogens with zero attached hydrogens (tertiary/aromatic N) is 5. The Morgan fingerprint density at radius 2 is 2.00 bits per heavy atom. The first-order chi connectivity index (χ1) is 13.8. The standard InChI is InChI=1S/C17H21ClF4N6O/c18-14-13-7-23-16(24-12-3-6-29-8-11(12)19)26-28(13)15(25-14)10-1-4-27(5-2-10)9-17(20,21)22/h7,10-12H,1-6,8-9H2,(H,24,26)/t11-,12+/m1/s1. The number of nitrogens with one attached hydrogen (secondary N) is 1. The molecule has 0 aromatic carbocycles. The van der Waals surface area contributed by atoms with Gasteiger partial charge in [-0.1, -0.05) is 11.6 Å². The number of likely N-dealkylation sites (tertiary alicyclic amines) is 1. The van der Waals surface area contributed by atoms with E-state index in [0.29, 0.717) is 50.3 Å². The second-order valence-corrected chi connectivity index (χ2v) is 7.79. The Kier molecular flexibility index (Phi) is 5.80. The maximum absolute atomic E-state index is 14.0. The van der Waals surface area contributed by atoms with Crippen molar-refractivity contribution < 1.29 is 22.3 Å². The summed E-state index contributed by atoms with van der Waals surface area (Å²) in [6, 6.07) is -0.450. The highest BCUT2D eigenvalue weighted by molar-refractivity contribution is 6.32. The van der Waals surface area contributed by atoms with E-state index < -0.39 is 24.9 Å². The van der Waals surface area contributed by atoms with Crippen LogP contribution < -0.4 is 5.32 Å². The molecule has 2 atom stereocenters. The van der Waals surface area contributed by atoms with Crippen molar-refractivity contribution in [3.8, 4) is 0 Å². The Balaban J connectivity index is 1.51. The van der Waals surface area contributed by atoms with Crippen molar-refractivity contribution in [2.75, 3.05) is 38.2 Å². The molecular weight excluding hydrogens is 416 g/mol. The van der Waals surface area contributed by atoms with Gasteiger partial charge < -0.3 is 10.1 Å². The van der Waals surface area contributed by atoms with Crippen LogP contribution in [0.2, 0.25) is 5.15 Å². The van der Waals surface area contributed by atoms with Crippen molar-refractivity contribution in [1.82, 2.24) is 24.5 Å². The van der Waals surface area contributed by atoms with Crippen LogP contribution in [0.1, 0.15) is 31.0 Å². The van der Waals surface area contributed by atoms with Gasteiger partial charge in [0.25, 0.3) is 0 Å². The fraction of sp³-hybridized carbons (Fsp3) is 0.706. The number of fused-ring (bicyclic) bond motifs is 1. The Hall–Kier alpha value is -1.72. The van der Waals surface area contributed by atoms with Crippen molar-refractivity contribution in [1.29, 1.82) is 0 Å². The van der Waals surface area contributed by atoms with Gasteiger partial charge >= 0.3 is 6.18 Å². The van der Waals surface area contributed by atoms with Crippen molar-refractivity contribution in [2.45, 2.75) is 43.6 Å². The monoisotopic (exact) mass is 436 g/mol. The van der Waals surface area contributed by atoms with E-state index >= 15 is 0 Å². The van der Waals surface area contributed by atoms with Crippen molar-refractivity contribution in [3.05, 3.63) is 17.2 Å². The quantitative estimate of drug-likeness (QED) is 0.743. The number of anilines is 1. The number of rotatable bonds is 4. The lowest BCUT2D eigenvalue weighted by Gasteiger charge is -2.31. The van der Waals surface area contributed by atoms with Gasteiger partial charge in [0.1, 0.15) is 17.5 Å². The van der Waals surface area contributed by atoms with Gasteiger partial charge in [0.05, 0.1) is 25.4 Å². The van der Waals surface area contributed by atoms with Crippen LogP contribution in [-0.2, 0) is 4.74 Å². The van der Waals surface area contributed by atoms with Crippen LogP contribution in [0, 0.1) is 0 Å². The summed E-state index contributed by atoms with van der Waals surface area (Å²) in [6.45, 7) is 0.211. The zero-order chi connectivity index (χ0) is 20.6. The summed E-state index contributed by atoms with van der Waals surface area (Å²) in [5.41, 5.74) is 0.508. The van der Waals surface area contributed by atoms with Crippen LogP contribution in [-0.4, -0.2) is 75.7 Å². The number of imidazole rings is 1. The molecule has 2 aromatic rings. The van der Waals surface area contributed by atoms with Gasteiger partial charge in [-0.3, -0.25) is 4.90 Å². The zero-order valence-corrected chi connectivity index (χ0v) is 16.3. The van der Waals surface area contributed by atoms with Crippen LogP contribution in [0.5, 0.6) is 0 Å². The Bertz CT molecular complexity index is 854. The molecule has 0 amide bonds. The Labute approximate surface area is 169 Å². The van der Waals surface area contributed by atoms with Crippen LogP contribution >= 0.6 is 11.6 Å². The molecule has 2 aliphatic heterocycles. The van der Waals surface area contributed by atoms with Crippen molar-refractivity contribution in [3.63, 3.8) is 0 Å². The molecule has 7 nitrogen and oxygen atoms in total. The number of alkyl halides is 4. The van der Waals surface area contributed by atoms with E-state index in [-0.39, 0.29) is 23.6 Å². The Morgan fingerprint density at radius 3 is 2.69 bits per heavy atom. The molecule has 29 heavy (non-hydrogen) atoms. The highest BCUT2D eigenvalue weighted by Crippen LogP contribution is 2.31. The lowest BCUT2D eigenvalue weighted by Crippen LogP contribution is -2.40. The largest absolute Gasteiger partial charge is 0.401 e. The molecule has 2 aromatic heterocycles. The smallest absolute Gasteiger partial charge is 0.378 e. The first-order valence-corrected chi connectivity index (χ1v) is 9.86. The van der Waals surface area contributed by atoms with Crippen LogP contribution in [0.25, 0.3) is 5.52 Å². The Morgan fingerprint density at radius 1 is 1.24 bits per heavy atom. The van der Waals surface area contributed by atoms with Gasteiger partial charge in [-0.2, -0.15) is 13.2 Å². The molecule has 160 valence electrons. The van der Waals surface area contributed by atoms with Gasteiger partial charge in [-0.15, -0.1) is 5.10 Å². The summed E-state index contributed by atoms with van der Waals surface area (Å²) in [7, 11) is 0. The van der Waals surface area contributed by atoms with Crippen LogP contribution in [0.15, 0.2) is 6.20 Å². The average molecular weight is 437 g/mol. The summed E-state index contributed by atoms with van der Waals surface area (Å²) >= 11 is 6.21. The fourth-order valence-corrected chi connectivity index (χ4v) is 4.05. The third kappa shape index (κ3) is 4.72. The van der Waals surface area contributed by atoms with E-state index in [1.807, 2.05) is 0 Å². The average Bonchev–Trinajstić information content (AvgIpc) is 2.99. The number of piperidine rings is 1. The molecule has 2 saturated heterocycles. The molecule has 12 heteroatoms. The molecule has 4 rings (SSSR count). The lowest BCUT2D eigenvalue weighted by atomic mass is 9.96. The SMILES string of the molecule is F[C@@H]1COCC[C@@H]1Nc1ncc2c(Cl)nc(C3CCN(CC(F)(F)F)CC3)n2n1. The molecule has 2 fully saturated rings.